The molecule has 1 heterocycles. The highest BCUT2D eigenvalue weighted by atomic mass is 16.5. The summed E-state index contributed by atoms with van der Waals surface area (Å²) < 4.78 is 5.33. The molecule has 2 aromatic rings. The van der Waals surface area contributed by atoms with Gasteiger partial charge in [-0.1, -0.05) is 41.5 Å². The third kappa shape index (κ3) is 6.25. The maximum atomic E-state index is 10.7. The van der Waals surface area contributed by atoms with Gasteiger partial charge in [0, 0.05) is 29.1 Å². The number of nitrogen functional groups attached to an aromatic ring is 1. The molecule has 6 nitrogen and oxygen atoms in total. The molecule has 0 spiro atoms. The predicted octanol–water partition coefficient (Wildman–Crippen LogP) is 3.68. The molecule has 1 amide bonds. The molecule has 1 aromatic heterocycles. The second-order valence-electron chi connectivity index (χ2n) is 8.28. The molecule has 0 aliphatic rings. The lowest BCUT2D eigenvalue weighted by Crippen LogP contribution is -2.29. The van der Waals surface area contributed by atoms with Crippen LogP contribution in [0.4, 0.5) is 0 Å². The van der Waals surface area contributed by atoms with Gasteiger partial charge in [-0.25, -0.2) is 5.84 Å². The van der Waals surface area contributed by atoms with E-state index in [1.54, 1.807) is 19.2 Å². The number of hydrazine groups is 1. The molecule has 148 valence electrons. The number of carbonyl (C=O) groups excluding carboxylic acids is 1. The molecule has 6 heteroatoms. The summed E-state index contributed by atoms with van der Waals surface area (Å²) in [6, 6.07) is 7.01. The molecule has 1 aromatic carbocycles. The topological polar surface area (TPSA) is 97.5 Å². The Labute approximate surface area is 161 Å². The number of aromatic nitrogens is 1. The van der Waals surface area contributed by atoms with Crippen LogP contribution in [0.5, 0.6) is 11.5 Å². The lowest BCUT2D eigenvalue weighted by Gasteiger charge is -2.27. The quantitative estimate of drug-likeness (QED) is 0.424. The van der Waals surface area contributed by atoms with Gasteiger partial charge in [-0.15, -0.1) is 0 Å². The minimum absolute atomic E-state index is 0.0986. The molecule has 0 saturated heterocycles. The van der Waals surface area contributed by atoms with Crippen LogP contribution in [0.2, 0.25) is 0 Å². The highest BCUT2D eigenvalue weighted by molar-refractivity contribution is 5.93. The Hall–Kier alpha value is -2.60. The monoisotopic (exact) mass is 373 g/mol. The van der Waals surface area contributed by atoms with Crippen LogP contribution in [0, 0.1) is 0 Å². The van der Waals surface area contributed by atoms with Crippen molar-refractivity contribution in [3.05, 3.63) is 53.3 Å². The number of carbonyl (C=O) groups is 1. The van der Waals surface area contributed by atoms with Gasteiger partial charge >= 0.3 is 0 Å². The smallest absolute Gasteiger partial charge is 0.265 e. The zero-order chi connectivity index (χ0) is 20.8. The first kappa shape index (κ1) is 22.4. The Balaban J connectivity index is 0.000000309. The van der Waals surface area contributed by atoms with E-state index in [0.717, 1.165) is 16.9 Å². The Morgan fingerprint density at radius 3 is 1.81 bits per heavy atom. The molecule has 4 N–H and O–H groups in total. The summed E-state index contributed by atoms with van der Waals surface area (Å²) in [6.07, 6.45) is 3.06. The molecule has 2 rings (SSSR count). The summed E-state index contributed by atoms with van der Waals surface area (Å²) in [6.45, 7) is 12.5. The van der Waals surface area contributed by atoms with E-state index < -0.39 is 0 Å². The van der Waals surface area contributed by atoms with Crippen LogP contribution in [0.25, 0.3) is 0 Å². The van der Waals surface area contributed by atoms with E-state index in [1.165, 1.54) is 12.4 Å². The first-order valence-corrected chi connectivity index (χ1v) is 8.74. The molecule has 0 unspecified atom stereocenters. The average Bonchev–Trinajstić information content (AvgIpc) is 2.60. The summed E-state index contributed by atoms with van der Waals surface area (Å²) in [4.78, 5) is 14.5. The molecule has 0 bridgehead atoms. The van der Waals surface area contributed by atoms with Gasteiger partial charge in [0.15, 0.2) is 0 Å². The fraction of sp³-hybridized carbons (Fsp3) is 0.429. The highest BCUT2D eigenvalue weighted by Crippen LogP contribution is 2.41. The van der Waals surface area contributed by atoms with Crippen LogP contribution in [0.3, 0.4) is 0 Å². The first-order chi connectivity index (χ1) is 12.4. The Bertz CT molecular complexity index is 725. The Morgan fingerprint density at radius 2 is 1.48 bits per heavy atom. The number of pyridine rings is 1. The van der Waals surface area contributed by atoms with E-state index in [4.69, 9.17) is 10.6 Å². The van der Waals surface area contributed by atoms with Crippen molar-refractivity contribution < 1.29 is 14.6 Å². The van der Waals surface area contributed by atoms with Crippen molar-refractivity contribution in [3.63, 3.8) is 0 Å². The van der Waals surface area contributed by atoms with Crippen LogP contribution in [-0.4, -0.2) is 23.1 Å². The molecule has 0 saturated carbocycles. The van der Waals surface area contributed by atoms with Crippen LogP contribution in [0.15, 0.2) is 36.7 Å². The maximum Gasteiger partial charge on any atom is 0.265 e. The number of ether oxygens (including phenoxy) is 1. The number of rotatable bonds is 2. The van der Waals surface area contributed by atoms with Crippen molar-refractivity contribution in [2.75, 3.05) is 7.11 Å². The van der Waals surface area contributed by atoms with E-state index >= 15 is 0 Å². The minimum atomic E-state index is -0.303. The van der Waals surface area contributed by atoms with Gasteiger partial charge in [-0.3, -0.25) is 15.2 Å². The second kappa shape index (κ2) is 8.86. The number of aromatic hydroxyl groups is 1. The average molecular weight is 373 g/mol. The molecular weight excluding hydrogens is 342 g/mol. The van der Waals surface area contributed by atoms with Crippen molar-refractivity contribution in [1.82, 2.24) is 10.4 Å². The van der Waals surface area contributed by atoms with Gasteiger partial charge in [0.1, 0.15) is 11.5 Å². The third-order valence-corrected chi connectivity index (χ3v) is 4.01. The molecule has 0 atom stereocenters. The number of nitrogens with one attached hydrogen (secondary N) is 1. The molecule has 0 radical (unpaired) electrons. The number of nitrogens with zero attached hydrogens (tertiary/aromatic N) is 1. The number of methoxy groups -OCH3 is 1. The van der Waals surface area contributed by atoms with E-state index in [9.17, 15) is 9.90 Å². The normalized spacial score (nSPS) is 11.3. The number of benzene rings is 1. The lowest BCUT2D eigenvalue weighted by atomic mass is 9.79. The predicted molar refractivity (Wildman–Crippen MR) is 108 cm³/mol. The molecule has 0 aliphatic carbocycles. The standard InChI is InChI=1S/C15H24O2.C6H7N3O/c1-14(2,3)11-8-10(17-7)9-12(13(11)16)15(4,5)6;7-9-6(10)5-1-3-8-4-2-5/h8-9,16H,1-7H3;1-4H,7H2,(H,9,10). The minimum Gasteiger partial charge on any atom is -0.507 e. The van der Waals surface area contributed by atoms with Gasteiger partial charge in [0.05, 0.1) is 7.11 Å². The fourth-order valence-corrected chi connectivity index (χ4v) is 2.46. The van der Waals surface area contributed by atoms with Crippen LogP contribution in [0.1, 0.15) is 63.0 Å². The summed E-state index contributed by atoms with van der Waals surface area (Å²) in [7, 11) is 1.66. The van der Waals surface area contributed by atoms with Gasteiger partial charge in [-0.2, -0.15) is 0 Å². The van der Waals surface area contributed by atoms with Crippen LogP contribution < -0.4 is 16.0 Å². The van der Waals surface area contributed by atoms with Gasteiger partial charge in [0.2, 0.25) is 0 Å². The van der Waals surface area contributed by atoms with Gasteiger partial charge < -0.3 is 9.84 Å². The van der Waals surface area contributed by atoms with Crippen molar-refractivity contribution in [1.29, 1.82) is 0 Å². The van der Waals surface area contributed by atoms with Crippen LogP contribution >= 0.6 is 0 Å². The number of nitrogens with two attached hydrogens (primary N) is 1. The number of amides is 1. The Morgan fingerprint density at radius 1 is 1.04 bits per heavy atom. The summed E-state index contributed by atoms with van der Waals surface area (Å²) in [5.41, 5.74) is 4.19. The second-order valence-corrected chi connectivity index (χ2v) is 8.28. The summed E-state index contributed by atoms with van der Waals surface area (Å²) in [5.74, 6) is 5.78. The molecule has 0 aliphatic heterocycles. The summed E-state index contributed by atoms with van der Waals surface area (Å²) >= 11 is 0. The SMILES string of the molecule is COc1cc(C(C)(C)C)c(O)c(C(C)(C)C)c1.NNC(=O)c1ccncc1. The first-order valence-electron chi connectivity index (χ1n) is 8.74. The lowest BCUT2D eigenvalue weighted by molar-refractivity contribution is 0.0953. The number of phenols is 1. The van der Waals surface area contributed by atoms with E-state index in [-0.39, 0.29) is 16.7 Å². The van der Waals surface area contributed by atoms with Crippen molar-refractivity contribution in [3.8, 4) is 11.5 Å². The van der Waals surface area contributed by atoms with Gasteiger partial charge in [0.25, 0.3) is 5.91 Å². The van der Waals surface area contributed by atoms with Crippen LogP contribution in [-0.2, 0) is 10.8 Å². The maximum absolute atomic E-state index is 10.7. The zero-order valence-electron chi connectivity index (χ0n) is 17.3. The summed E-state index contributed by atoms with van der Waals surface area (Å²) in [5, 5.41) is 10.4. The number of hydrogen-bond acceptors (Lipinski definition) is 5. The van der Waals surface area contributed by atoms with E-state index in [1.807, 2.05) is 17.6 Å². The largest absolute Gasteiger partial charge is 0.507 e. The van der Waals surface area contributed by atoms with Crippen molar-refractivity contribution in [2.45, 2.75) is 52.4 Å². The van der Waals surface area contributed by atoms with E-state index in [0.29, 0.717) is 11.3 Å². The number of hydrogen-bond donors (Lipinski definition) is 3. The van der Waals surface area contributed by atoms with Crippen molar-refractivity contribution >= 4 is 5.91 Å². The molecule has 27 heavy (non-hydrogen) atoms. The van der Waals surface area contributed by atoms with Gasteiger partial charge in [-0.05, 0) is 35.1 Å². The van der Waals surface area contributed by atoms with Crippen molar-refractivity contribution in [2.24, 2.45) is 5.84 Å². The van der Waals surface area contributed by atoms with E-state index in [2.05, 4.69) is 46.5 Å². The molecule has 0 fully saturated rings. The molecular formula is C21H31N3O3. The third-order valence-electron chi connectivity index (χ3n) is 4.01. The fourth-order valence-electron chi connectivity index (χ4n) is 2.46. The highest BCUT2D eigenvalue weighted by Gasteiger charge is 2.26. The number of phenolic OH excluding ortho intramolecular Hbond substituents is 1. The Kier molecular flexibility index (Phi) is 7.37. The zero-order valence-corrected chi connectivity index (χ0v) is 17.3.